The van der Waals surface area contributed by atoms with Gasteiger partial charge in [-0.25, -0.2) is 18.1 Å². The fourth-order valence-electron chi connectivity index (χ4n) is 1.94. The summed E-state index contributed by atoms with van der Waals surface area (Å²) in [6, 6.07) is 5.82. The minimum absolute atomic E-state index is 0.126. The van der Waals surface area contributed by atoms with Crippen LogP contribution in [0.4, 0.5) is 0 Å². The number of hydrogen-bond donors (Lipinski definition) is 2. The molecule has 0 aliphatic heterocycles. The van der Waals surface area contributed by atoms with Gasteiger partial charge in [0.15, 0.2) is 0 Å². The minimum Gasteiger partial charge on any atom is -0.351 e. The molecule has 0 bridgehead atoms. The predicted octanol–water partition coefficient (Wildman–Crippen LogP) is 1.89. The molecule has 0 aliphatic rings. The van der Waals surface area contributed by atoms with E-state index < -0.39 is 10.0 Å². The van der Waals surface area contributed by atoms with Crippen LogP contribution in [-0.2, 0) is 10.0 Å². The molecule has 0 saturated carbocycles. The molecule has 1 amide bonds. The first-order valence-electron chi connectivity index (χ1n) is 7.07. The highest BCUT2D eigenvalue weighted by molar-refractivity contribution is 7.89. The molecule has 1 aromatic carbocycles. The Morgan fingerprint density at radius 3 is 2.48 bits per heavy atom. The number of carbonyl (C=O) groups is 1. The van der Waals surface area contributed by atoms with Crippen LogP contribution in [0.5, 0.6) is 0 Å². The molecule has 0 fully saturated rings. The molecular weight excluding hydrogens is 334 g/mol. The topological polar surface area (TPSA) is 88.2 Å². The molecule has 0 spiro atoms. The number of benzene rings is 1. The Morgan fingerprint density at radius 2 is 1.96 bits per heavy atom. The summed E-state index contributed by atoms with van der Waals surface area (Å²) in [4.78, 5) is 16.7. The summed E-state index contributed by atoms with van der Waals surface area (Å²) >= 11 is 1.58. The van der Waals surface area contributed by atoms with E-state index in [9.17, 15) is 13.2 Å². The monoisotopic (exact) mass is 353 g/mol. The van der Waals surface area contributed by atoms with Crippen LogP contribution in [-0.4, -0.2) is 32.9 Å². The smallest absolute Gasteiger partial charge is 0.251 e. The Balaban J connectivity index is 1.98. The van der Waals surface area contributed by atoms with Gasteiger partial charge in [-0.1, -0.05) is 6.92 Å². The van der Waals surface area contributed by atoms with E-state index in [0.29, 0.717) is 12.1 Å². The van der Waals surface area contributed by atoms with Gasteiger partial charge in [-0.3, -0.25) is 4.79 Å². The van der Waals surface area contributed by atoms with Crippen molar-refractivity contribution in [1.29, 1.82) is 0 Å². The van der Waals surface area contributed by atoms with Crippen molar-refractivity contribution in [1.82, 2.24) is 15.0 Å². The average molecular weight is 353 g/mol. The highest BCUT2D eigenvalue weighted by Crippen LogP contribution is 2.19. The third kappa shape index (κ3) is 4.37. The normalized spacial score (nSPS) is 12.8. The van der Waals surface area contributed by atoms with Gasteiger partial charge in [-0.2, -0.15) is 0 Å². The number of aromatic nitrogens is 1. The van der Waals surface area contributed by atoms with E-state index in [0.717, 1.165) is 10.7 Å². The second kappa shape index (κ2) is 7.20. The summed E-state index contributed by atoms with van der Waals surface area (Å²) < 4.78 is 25.5. The standard InChI is InChI=1S/C15H19N3O3S2/c1-10(15-18-11(2)9-22-15)8-17-14(19)12-4-6-13(7-5-12)23(20,21)16-3/h4-7,9-10,16H,8H2,1-3H3,(H,17,19)/t10-/m1/s1. The van der Waals surface area contributed by atoms with Crippen molar-refractivity contribution in [3.63, 3.8) is 0 Å². The van der Waals surface area contributed by atoms with Crippen molar-refractivity contribution in [3.05, 3.63) is 45.9 Å². The maximum atomic E-state index is 12.1. The number of amides is 1. The van der Waals surface area contributed by atoms with E-state index in [2.05, 4.69) is 15.0 Å². The van der Waals surface area contributed by atoms with E-state index in [1.807, 2.05) is 19.2 Å². The van der Waals surface area contributed by atoms with E-state index in [1.54, 1.807) is 11.3 Å². The molecular formula is C15H19N3O3S2. The van der Waals surface area contributed by atoms with E-state index in [4.69, 9.17) is 0 Å². The number of carbonyl (C=O) groups excluding carboxylic acids is 1. The van der Waals surface area contributed by atoms with Crippen LogP contribution < -0.4 is 10.0 Å². The summed E-state index contributed by atoms with van der Waals surface area (Å²) in [5.41, 5.74) is 1.40. The van der Waals surface area contributed by atoms with E-state index in [1.165, 1.54) is 31.3 Å². The largest absolute Gasteiger partial charge is 0.351 e. The van der Waals surface area contributed by atoms with Crippen LogP contribution in [0.25, 0.3) is 0 Å². The molecule has 2 rings (SSSR count). The van der Waals surface area contributed by atoms with Gasteiger partial charge < -0.3 is 5.32 Å². The quantitative estimate of drug-likeness (QED) is 0.830. The van der Waals surface area contributed by atoms with E-state index >= 15 is 0 Å². The maximum Gasteiger partial charge on any atom is 0.251 e. The predicted molar refractivity (Wildman–Crippen MR) is 90.3 cm³/mol. The van der Waals surface area contributed by atoms with Gasteiger partial charge in [0.25, 0.3) is 5.91 Å². The summed E-state index contributed by atoms with van der Waals surface area (Å²) in [5, 5.41) is 5.81. The SMILES string of the molecule is CNS(=O)(=O)c1ccc(C(=O)NC[C@@H](C)c2nc(C)cs2)cc1. The Bertz CT molecular complexity index is 783. The zero-order valence-electron chi connectivity index (χ0n) is 13.2. The van der Waals surface area contributed by atoms with Crippen LogP contribution in [0, 0.1) is 6.92 Å². The zero-order valence-corrected chi connectivity index (χ0v) is 14.8. The number of sulfonamides is 1. The first-order chi connectivity index (χ1) is 10.8. The van der Waals surface area contributed by atoms with Crippen LogP contribution in [0.2, 0.25) is 0 Å². The fraction of sp³-hybridized carbons (Fsp3) is 0.333. The lowest BCUT2D eigenvalue weighted by Gasteiger charge is -2.10. The van der Waals surface area contributed by atoms with Crippen molar-refractivity contribution in [2.75, 3.05) is 13.6 Å². The number of nitrogens with zero attached hydrogens (tertiary/aromatic N) is 1. The number of rotatable bonds is 6. The van der Waals surface area contributed by atoms with Gasteiger partial charge >= 0.3 is 0 Å². The molecule has 0 unspecified atom stereocenters. The fourth-order valence-corrected chi connectivity index (χ4v) is 3.52. The van der Waals surface area contributed by atoms with Gasteiger partial charge in [-0.05, 0) is 38.2 Å². The Labute approximate surface area is 140 Å². The molecule has 23 heavy (non-hydrogen) atoms. The summed E-state index contributed by atoms with van der Waals surface area (Å²) in [7, 11) is -2.14. The van der Waals surface area contributed by atoms with Crippen molar-refractivity contribution < 1.29 is 13.2 Å². The molecule has 2 aromatic rings. The lowest BCUT2D eigenvalue weighted by Crippen LogP contribution is -2.27. The molecule has 8 heteroatoms. The lowest BCUT2D eigenvalue weighted by atomic mass is 10.1. The van der Waals surface area contributed by atoms with Gasteiger partial charge in [-0.15, -0.1) is 11.3 Å². The summed E-state index contributed by atoms with van der Waals surface area (Å²) in [5.74, 6) is -0.111. The maximum absolute atomic E-state index is 12.1. The zero-order chi connectivity index (χ0) is 17.0. The van der Waals surface area contributed by atoms with Crippen molar-refractivity contribution in [3.8, 4) is 0 Å². The summed E-state index contributed by atoms with van der Waals surface area (Å²) in [6.45, 7) is 4.41. The third-order valence-corrected chi connectivity index (χ3v) is 5.95. The number of aryl methyl sites for hydroxylation is 1. The molecule has 0 saturated heterocycles. The molecule has 6 nitrogen and oxygen atoms in total. The number of nitrogens with one attached hydrogen (secondary N) is 2. The van der Waals surface area contributed by atoms with Crippen molar-refractivity contribution in [2.45, 2.75) is 24.7 Å². The van der Waals surface area contributed by atoms with Gasteiger partial charge in [0.05, 0.1) is 9.90 Å². The Kier molecular flexibility index (Phi) is 5.51. The third-order valence-electron chi connectivity index (χ3n) is 3.32. The highest BCUT2D eigenvalue weighted by atomic mass is 32.2. The van der Waals surface area contributed by atoms with Gasteiger partial charge in [0.1, 0.15) is 0 Å². The second-order valence-electron chi connectivity index (χ2n) is 5.17. The number of thiazole rings is 1. The van der Waals surface area contributed by atoms with Crippen molar-refractivity contribution in [2.24, 2.45) is 0 Å². The molecule has 1 aromatic heterocycles. The Hall–Kier alpha value is -1.77. The van der Waals surface area contributed by atoms with Crippen LogP contribution >= 0.6 is 11.3 Å². The van der Waals surface area contributed by atoms with Crippen LogP contribution in [0.1, 0.15) is 33.9 Å². The second-order valence-corrected chi connectivity index (χ2v) is 7.95. The molecule has 1 heterocycles. The van der Waals surface area contributed by atoms with Crippen LogP contribution in [0.3, 0.4) is 0 Å². The summed E-state index contributed by atoms with van der Waals surface area (Å²) in [6.07, 6.45) is 0. The van der Waals surface area contributed by atoms with Gasteiger partial charge in [0, 0.05) is 29.1 Å². The molecule has 2 N–H and O–H groups in total. The number of hydrogen-bond acceptors (Lipinski definition) is 5. The van der Waals surface area contributed by atoms with Crippen molar-refractivity contribution >= 4 is 27.3 Å². The average Bonchev–Trinajstić information content (AvgIpc) is 2.99. The highest BCUT2D eigenvalue weighted by Gasteiger charge is 2.14. The molecule has 0 aliphatic carbocycles. The van der Waals surface area contributed by atoms with Gasteiger partial charge in [0.2, 0.25) is 10.0 Å². The minimum atomic E-state index is -3.49. The first kappa shape index (κ1) is 17.6. The Morgan fingerprint density at radius 1 is 1.30 bits per heavy atom. The van der Waals surface area contributed by atoms with E-state index in [-0.39, 0.29) is 16.7 Å². The van der Waals surface area contributed by atoms with Crippen LogP contribution in [0.15, 0.2) is 34.5 Å². The first-order valence-corrected chi connectivity index (χ1v) is 9.43. The molecule has 0 radical (unpaired) electrons. The molecule has 124 valence electrons. The molecule has 1 atom stereocenters. The lowest BCUT2D eigenvalue weighted by molar-refractivity contribution is 0.0951.